The van der Waals surface area contributed by atoms with E-state index in [9.17, 15) is 32.7 Å². The minimum Gasteiger partial charge on any atom is -0.480 e. The van der Waals surface area contributed by atoms with Gasteiger partial charge in [0, 0.05) is 23.7 Å². The van der Waals surface area contributed by atoms with Gasteiger partial charge in [0.1, 0.15) is 18.6 Å². The van der Waals surface area contributed by atoms with Crippen molar-refractivity contribution in [3.8, 4) is 0 Å². The van der Waals surface area contributed by atoms with Gasteiger partial charge in [-0.1, -0.05) is 42.5 Å². The number of carboxylic acid groups (broad SMARTS) is 2. The summed E-state index contributed by atoms with van der Waals surface area (Å²) in [5.74, 6) is -5.84. The summed E-state index contributed by atoms with van der Waals surface area (Å²) in [6, 6.07) is 13.5. The largest absolute Gasteiger partial charge is 0.480 e. The van der Waals surface area contributed by atoms with Crippen LogP contribution in [0.4, 0.5) is 5.69 Å². The molecule has 1 heterocycles. The molecule has 39 heavy (non-hydrogen) atoms. The second kappa shape index (κ2) is 12.9. The number of fused-ring (bicyclic) bond motifs is 1. The van der Waals surface area contributed by atoms with Crippen molar-refractivity contribution in [2.24, 2.45) is 5.73 Å². The highest BCUT2D eigenvalue weighted by Crippen LogP contribution is 2.20. The first kappa shape index (κ1) is 29.2. The first-order chi connectivity index (χ1) is 18.5. The number of benzene rings is 2. The molecule has 0 bridgehead atoms. The Morgan fingerprint density at radius 3 is 2.31 bits per heavy atom. The molecule has 3 aromatic rings. The molecule has 12 nitrogen and oxygen atoms in total. The van der Waals surface area contributed by atoms with Crippen molar-refractivity contribution in [2.45, 2.75) is 30.7 Å². The molecule has 206 valence electrons. The number of rotatable bonds is 13. The molecule has 0 unspecified atom stereocenters. The predicted molar refractivity (Wildman–Crippen MR) is 142 cm³/mol. The summed E-state index contributed by atoms with van der Waals surface area (Å²) < 4.78 is 26.6. The Morgan fingerprint density at radius 2 is 1.64 bits per heavy atom. The second-order valence-electron chi connectivity index (χ2n) is 8.79. The van der Waals surface area contributed by atoms with Gasteiger partial charge in [-0.15, -0.1) is 0 Å². The summed E-state index contributed by atoms with van der Waals surface area (Å²) >= 11 is 0. The van der Waals surface area contributed by atoms with Crippen LogP contribution in [0.5, 0.6) is 0 Å². The van der Waals surface area contributed by atoms with Crippen LogP contribution in [0.25, 0.3) is 10.8 Å². The normalized spacial score (nSPS) is 12.8. The minimum absolute atomic E-state index is 0.185. The molecule has 0 saturated heterocycles. The van der Waals surface area contributed by atoms with Crippen LogP contribution in [0, 0.1) is 0 Å². The van der Waals surface area contributed by atoms with Crippen LogP contribution in [0.3, 0.4) is 0 Å². The van der Waals surface area contributed by atoms with Crippen LogP contribution in [0.1, 0.15) is 18.5 Å². The molecule has 2 amide bonds. The Kier molecular flexibility index (Phi) is 9.68. The molecule has 2 aromatic carbocycles. The monoisotopic (exact) mass is 556 g/mol. The van der Waals surface area contributed by atoms with Gasteiger partial charge in [-0.2, -0.15) is 0 Å². The average molecular weight is 557 g/mol. The van der Waals surface area contributed by atoms with Crippen LogP contribution in [0.15, 0.2) is 66.9 Å². The van der Waals surface area contributed by atoms with Gasteiger partial charge >= 0.3 is 11.9 Å². The number of amides is 2. The van der Waals surface area contributed by atoms with E-state index in [1.54, 1.807) is 48.5 Å². The molecule has 3 rings (SSSR count). The lowest BCUT2D eigenvalue weighted by molar-refractivity contribution is -0.139. The number of sulfone groups is 1. The quantitative estimate of drug-likeness (QED) is 0.235. The van der Waals surface area contributed by atoms with Gasteiger partial charge in [-0.05, 0) is 30.0 Å². The number of anilines is 1. The Bertz CT molecular complexity index is 1460. The zero-order chi connectivity index (χ0) is 28.6. The van der Waals surface area contributed by atoms with Crippen LogP contribution >= 0.6 is 0 Å². The number of para-hydroxylation sites is 1. The molecule has 0 radical (unpaired) electrons. The Balaban J connectivity index is 1.91. The standard InChI is InChI=1S/C26H28N4O8S/c27-20(26(35)36)10-11-23(31)29-22(25(34)30(14-24(32)33)18-7-2-1-3-8-18)16-39(37,38)15-21-19-9-5-4-6-17(19)12-13-28-21/h1-9,12-13,20,22H,10-11,14-16,27H2,(H,29,31)(H,32,33)(H,35,36)/t20-,22-/m0/s1. The first-order valence-corrected chi connectivity index (χ1v) is 13.7. The van der Waals surface area contributed by atoms with E-state index in [1.807, 2.05) is 0 Å². The van der Waals surface area contributed by atoms with E-state index >= 15 is 0 Å². The van der Waals surface area contributed by atoms with E-state index < -0.39 is 70.1 Å². The average Bonchev–Trinajstić information content (AvgIpc) is 2.89. The molecule has 0 aliphatic heterocycles. The van der Waals surface area contributed by atoms with Gasteiger partial charge in [0.15, 0.2) is 9.84 Å². The number of aromatic nitrogens is 1. The summed E-state index contributed by atoms with van der Waals surface area (Å²) in [5, 5.41) is 22.1. The lowest BCUT2D eigenvalue weighted by atomic mass is 10.1. The van der Waals surface area contributed by atoms with Crippen molar-refractivity contribution in [2.75, 3.05) is 17.2 Å². The van der Waals surface area contributed by atoms with Crippen LogP contribution in [-0.4, -0.2) is 71.7 Å². The molecule has 0 aliphatic rings. The fourth-order valence-electron chi connectivity index (χ4n) is 3.90. The smallest absolute Gasteiger partial charge is 0.323 e. The maximum absolute atomic E-state index is 13.6. The van der Waals surface area contributed by atoms with E-state index in [0.29, 0.717) is 5.39 Å². The molecule has 0 aliphatic carbocycles. The molecular weight excluding hydrogens is 528 g/mol. The van der Waals surface area contributed by atoms with Gasteiger partial charge in [-0.25, -0.2) is 8.42 Å². The maximum Gasteiger partial charge on any atom is 0.323 e. The van der Waals surface area contributed by atoms with Crippen molar-refractivity contribution in [1.82, 2.24) is 10.3 Å². The fourth-order valence-corrected chi connectivity index (χ4v) is 5.40. The number of hydrogen-bond donors (Lipinski definition) is 4. The van der Waals surface area contributed by atoms with Crippen molar-refractivity contribution in [3.63, 3.8) is 0 Å². The summed E-state index contributed by atoms with van der Waals surface area (Å²) in [4.78, 5) is 53.8. The molecule has 13 heteroatoms. The van der Waals surface area contributed by atoms with Gasteiger partial charge in [-0.3, -0.25) is 29.1 Å². The van der Waals surface area contributed by atoms with Crippen LogP contribution in [-0.2, 0) is 34.8 Å². The molecule has 0 fully saturated rings. The SMILES string of the molecule is N[C@@H](CCC(=O)N[C@@H](CS(=O)(=O)Cc1nccc2ccccc12)C(=O)N(CC(=O)O)c1ccccc1)C(=O)O. The number of nitrogens with two attached hydrogens (primary N) is 1. The van der Waals surface area contributed by atoms with Crippen molar-refractivity contribution < 1.29 is 37.8 Å². The number of hydrogen-bond acceptors (Lipinski definition) is 8. The van der Waals surface area contributed by atoms with Crippen LogP contribution < -0.4 is 16.0 Å². The summed E-state index contributed by atoms with van der Waals surface area (Å²) in [6.45, 7) is -0.788. The van der Waals surface area contributed by atoms with Gasteiger partial charge in [0.2, 0.25) is 5.91 Å². The summed E-state index contributed by atoms with van der Waals surface area (Å²) in [5.41, 5.74) is 5.88. The molecule has 1 aromatic heterocycles. The number of pyridine rings is 1. The van der Waals surface area contributed by atoms with Gasteiger partial charge < -0.3 is 21.3 Å². The van der Waals surface area contributed by atoms with E-state index in [2.05, 4.69) is 10.3 Å². The molecule has 2 atom stereocenters. The Labute approximate surface area is 224 Å². The zero-order valence-electron chi connectivity index (χ0n) is 20.8. The van der Waals surface area contributed by atoms with Crippen molar-refractivity contribution >= 4 is 50.1 Å². The van der Waals surface area contributed by atoms with E-state index in [0.717, 1.165) is 10.3 Å². The number of nitrogens with one attached hydrogen (secondary N) is 1. The summed E-state index contributed by atoms with van der Waals surface area (Å²) in [6.07, 6.45) is 0.812. The van der Waals surface area contributed by atoms with E-state index in [4.69, 9.17) is 10.8 Å². The van der Waals surface area contributed by atoms with Crippen molar-refractivity contribution in [3.05, 3.63) is 72.6 Å². The molecule has 0 saturated carbocycles. The summed E-state index contributed by atoms with van der Waals surface area (Å²) in [7, 11) is -4.10. The highest BCUT2D eigenvalue weighted by Gasteiger charge is 2.33. The third-order valence-electron chi connectivity index (χ3n) is 5.79. The Morgan fingerprint density at radius 1 is 0.974 bits per heavy atom. The number of aliphatic carboxylic acids is 2. The van der Waals surface area contributed by atoms with Gasteiger partial charge in [0.05, 0.1) is 17.2 Å². The van der Waals surface area contributed by atoms with Crippen molar-refractivity contribution in [1.29, 1.82) is 0 Å². The topological polar surface area (TPSA) is 197 Å². The fraction of sp³-hybridized carbons (Fsp3) is 0.269. The van der Waals surface area contributed by atoms with Crippen LogP contribution in [0.2, 0.25) is 0 Å². The van der Waals surface area contributed by atoms with E-state index in [-0.39, 0.29) is 17.8 Å². The number of carbonyl (C=O) groups excluding carboxylic acids is 2. The number of nitrogens with zero attached hydrogens (tertiary/aromatic N) is 2. The lowest BCUT2D eigenvalue weighted by Crippen LogP contribution is -2.53. The highest BCUT2D eigenvalue weighted by atomic mass is 32.2. The highest BCUT2D eigenvalue weighted by molar-refractivity contribution is 7.90. The lowest BCUT2D eigenvalue weighted by Gasteiger charge is -2.27. The zero-order valence-corrected chi connectivity index (χ0v) is 21.6. The minimum atomic E-state index is -4.10. The second-order valence-corrected chi connectivity index (χ2v) is 10.9. The third kappa shape index (κ3) is 8.32. The number of carbonyl (C=O) groups is 4. The molecule has 5 N–H and O–H groups in total. The third-order valence-corrected chi connectivity index (χ3v) is 7.35. The molecular formula is C26H28N4O8S. The van der Waals surface area contributed by atoms with E-state index in [1.165, 1.54) is 18.3 Å². The number of carboxylic acids is 2. The van der Waals surface area contributed by atoms with Gasteiger partial charge in [0.25, 0.3) is 5.91 Å². The Hall–Kier alpha value is -4.36. The molecule has 0 spiro atoms. The predicted octanol–water partition coefficient (Wildman–Crippen LogP) is 0.944. The maximum atomic E-state index is 13.6. The first-order valence-electron chi connectivity index (χ1n) is 11.9.